The Hall–Kier alpha value is -2.00. The molecule has 3 heteroatoms. The van der Waals surface area contributed by atoms with Gasteiger partial charge in [0.1, 0.15) is 11.4 Å². The molecule has 0 spiro atoms. The molecular formula is C17H22N2O. The summed E-state index contributed by atoms with van der Waals surface area (Å²) in [5.41, 5.74) is 8.37. The Morgan fingerprint density at radius 1 is 0.900 bits per heavy atom. The van der Waals surface area contributed by atoms with Gasteiger partial charge >= 0.3 is 0 Å². The van der Waals surface area contributed by atoms with Crippen molar-refractivity contribution in [3.05, 3.63) is 60.2 Å². The molecule has 0 radical (unpaired) electrons. The number of para-hydroxylation sites is 2. The van der Waals surface area contributed by atoms with Crippen LogP contribution >= 0.6 is 0 Å². The first-order valence-corrected chi connectivity index (χ1v) is 6.85. The van der Waals surface area contributed by atoms with Crippen molar-refractivity contribution in [3.63, 3.8) is 0 Å². The fourth-order valence-corrected chi connectivity index (χ4v) is 1.84. The van der Waals surface area contributed by atoms with Gasteiger partial charge in [-0.05, 0) is 39.0 Å². The highest BCUT2D eigenvalue weighted by atomic mass is 16.5. The van der Waals surface area contributed by atoms with E-state index in [4.69, 9.17) is 4.74 Å². The SMILES string of the molecule is CC(C)(C)Oc1ccccc1CNNc1ccccc1. The average molecular weight is 270 g/mol. The number of ether oxygens (including phenoxy) is 1. The Kier molecular flexibility index (Phi) is 4.64. The molecule has 0 fully saturated rings. The highest BCUT2D eigenvalue weighted by Crippen LogP contribution is 2.22. The minimum Gasteiger partial charge on any atom is -0.488 e. The van der Waals surface area contributed by atoms with Crippen molar-refractivity contribution in [2.75, 3.05) is 5.43 Å². The summed E-state index contributed by atoms with van der Waals surface area (Å²) in [4.78, 5) is 0. The molecule has 2 aromatic carbocycles. The van der Waals surface area contributed by atoms with Crippen molar-refractivity contribution in [2.45, 2.75) is 32.9 Å². The highest BCUT2D eigenvalue weighted by Gasteiger charge is 2.13. The first-order chi connectivity index (χ1) is 9.54. The van der Waals surface area contributed by atoms with Gasteiger partial charge in [0.2, 0.25) is 0 Å². The van der Waals surface area contributed by atoms with Crippen molar-refractivity contribution in [3.8, 4) is 5.75 Å². The Morgan fingerprint density at radius 2 is 1.55 bits per heavy atom. The summed E-state index contributed by atoms with van der Waals surface area (Å²) in [7, 11) is 0. The second-order valence-electron chi connectivity index (χ2n) is 5.67. The summed E-state index contributed by atoms with van der Waals surface area (Å²) in [5.74, 6) is 0.919. The predicted molar refractivity (Wildman–Crippen MR) is 83.7 cm³/mol. The summed E-state index contributed by atoms with van der Waals surface area (Å²) in [5, 5.41) is 0. The van der Waals surface area contributed by atoms with Gasteiger partial charge in [-0.15, -0.1) is 0 Å². The Balaban J connectivity index is 1.96. The third-order valence-corrected chi connectivity index (χ3v) is 2.67. The van der Waals surface area contributed by atoms with Crippen molar-refractivity contribution in [1.29, 1.82) is 0 Å². The maximum absolute atomic E-state index is 5.97. The zero-order valence-corrected chi connectivity index (χ0v) is 12.3. The van der Waals surface area contributed by atoms with Crippen LogP contribution in [-0.2, 0) is 6.54 Å². The molecule has 0 unspecified atom stereocenters. The maximum atomic E-state index is 5.97. The van der Waals surface area contributed by atoms with Crippen molar-refractivity contribution >= 4 is 5.69 Å². The zero-order valence-electron chi connectivity index (χ0n) is 12.3. The summed E-state index contributed by atoms with van der Waals surface area (Å²) < 4.78 is 5.97. The van der Waals surface area contributed by atoms with Gasteiger partial charge in [0.15, 0.2) is 0 Å². The molecule has 106 valence electrons. The largest absolute Gasteiger partial charge is 0.488 e. The molecule has 0 atom stereocenters. The number of benzene rings is 2. The van der Waals surface area contributed by atoms with E-state index in [9.17, 15) is 0 Å². The molecule has 2 aromatic rings. The zero-order chi connectivity index (χ0) is 14.4. The Morgan fingerprint density at radius 3 is 2.25 bits per heavy atom. The van der Waals surface area contributed by atoms with Crippen LogP contribution < -0.4 is 15.6 Å². The number of hydrogen-bond acceptors (Lipinski definition) is 3. The fourth-order valence-electron chi connectivity index (χ4n) is 1.84. The molecule has 0 amide bonds. The van der Waals surface area contributed by atoms with E-state index in [0.717, 1.165) is 17.0 Å². The molecule has 2 N–H and O–H groups in total. The van der Waals surface area contributed by atoms with E-state index in [1.54, 1.807) is 0 Å². The smallest absolute Gasteiger partial charge is 0.124 e. The standard InChI is InChI=1S/C17H22N2O/c1-17(2,3)20-16-12-8-7-9-14(16)13-18-19-15-10-5-4-6-11-15/h4-12,18-19H,13H2,1-3H3. The lowest BCUT2D eigenvalue weighted by Crippen LogP contribution is -2.25. The first kappa shape index (κ1) is 14.4. The van der Waals surface area contributed by atoms with E-state index in [1.807, 2.05) is 48.5 Å². The van der Waals surface area contributed by atoms with E-state index in [2.05, 4.69) is 37.7 Å². The number of nitrogens with one attached hydrogen (secondary N) is 2. The molecule has 0 aromatic heterocycles. The predicted octanol–water partition coefficient (Wildman–Crippen LogP) is 3.98. The van der Waals surface area contributed by atoms with Crippen LogP contribution in [0.1, 0.15) is 26.3 Å². The van der Waals surface area contributed by atoms with Crippen LogP contribution in [0.3, 0.4) is 0 Å². The summed E-state index contributed by atoms with van der Waals surface area (Å²) in [6.45, 7) is 6.86. The summed E-state index contributed by atoms with van der Waals surface area (Å²) in [6.07, 6.45) is 0. The van der Waals surface area contributed by atoms with E-state index < -0.39 is 0 Å². The van der Waals surface area contributed by atoms with E-state index in [1.165, 1.54) is 0 Å². The third kappa shape index (κ3) is 4.59. The second kappa shape index (κ2) is 6.44. The molecule has 0 aliphatic rings. The van der Waals surface area contributed by atoms with Crippen LogP contribution in [0.2, 0.25) is 0 Å². The Labute approximate surface area is 120 Å². The molecule has 0 aliphatic carbocycles. The van der Waals surface area contributed by atoms with Gasteiger partial charge in [0, 0.05) is 17.8 Å². The van der Waals surface area contributed by atoms with Crippen LogP contribution in [0.5, 0.6) is 5.75 Å². The number of rotatable bonds is 5. The first-order valence-electron chi connectivity index (χ1n) is 6.85. The minimum absolute atomic E-state index is 0.192. The molecular weight excluding hydrogens is 248 g/mol. The molecule has 0 aliphatic heterocycles. The normalized spacial score (nSPS) is 11.2. The molecule has 3 nitrogen and oxygen atoms in total. The lowest BCUT2D eigenvalue weighted by Gasteiger charge is -2.23. The molecule has 0 heterocycles. The maximum Gasteiger partial charge on any atom is 0.124 e. The van der Waals surface area contributed by atoms with Crippen molar-refractivity contribution < 1.29 is 4.74 Å². The van der Waals surface area contributed by atoms with Gasteiger partial charge in [-0.3, -0.25) is 0 Å². The second-order valence-corrected chi connectivity index (χ2v) is 5.67. The van der Waals surface area contributed by atoms with Gasteiger partial charge in [0.05, 0.1) is 0 Å². The quantitative estimate of drug-likeness (QED) is 0.806. The van der Waals surface area contributed by atoms with Gasteiger partial charge in [0.25, 0.3) is 0 Å². The Bertz CT molecular complexity index is 532. The molecule has 0 saturated carbocycles. The topological polar surface area (TPSA) is 33.3 Å². The monoisotopic (exact) mass is 270 g/mol. The molecule has 20 heavy (non-hydrogen) atoms. The van der Waals surface area contributed by atoms with E-state index in [0.29, 0.717) is 6.54 Å². The fraction of sp³-hybridized carbons (Fsp3) is 0.294. The number of hydrogen-bond donors (Lipinski definition) is 2. The van der Waals surface area contributed by atoms with Gasteiger partial charge in [-0.2, -0.15) is 0 Å². The van der Waals surface area contributed by atoms with Crippen LogP contribution in [-0.4, -0.2) is 5.60 Å². The van der Waals surface area contributed by atoms with E-state index in [-0.39, 0.29) is 5.60 Å². The third-order valence-electron chi connectivity index (χ3n) is 2.67. The molecule has 0 saturated heterocycles. The van der Waals surface area contributed by atoms with Crippen LogP contribution in [0.4, 0.5) is 5.69 Å². The van der Waals surface area contributed by atoms with E-state index >= 15 is 0 Å². The number of hydrazine groups is 1. The molecule has 2 rings (SSSR count). The lowest BCUT2D eigenvalue weighted by molar-refractivity contribution is 0.129. The van der Waals surface area contributed by atoms with Crippen LogP contribution in [0, 0.1) is 0 Å². The highest BCUT2D eigenvalue weighted by molar-refractivity contribution is 5.41. The van der Waals surface area contributed by atoms with Gasteiger partial charge in [-0.25, -0.2) is 5.43 Å². The summed E-state index contributed by atoms with van der Waals surface area (Å²) in [6, 6.07) is 18.1. The van der Waals surface area contributed by atoms with Crippen LogP contribution in [0.15, 0.2) is 54.6 Å². The van der Waals surface area contributed by atoms with Crippen molar-refractivity contribution in [2.24, 2.45) is 0 Å². The van der Waals surface area contributed by atoms with Crippen LogP contribution in [0.25, 0.3) is 0 Å². The minimum atomic E-state index is -0.192. The lowest BCUT2D eigenvalue weighted by atomic mass is 10.1. The number of anilines is 1. The average Bonchev–Trinajstić information content (AvgIpc) is 2.40. The van der Waals surface area contributed by atoms with Gasteiger partial charge in [-0.1, -0.05) is 36.4 Å². The molecule has 0 bridgehead atoms. The van der Waals surface area contributed by atoms with Gasteiger partial charge < -0.3 is 10.2 Å². The summed E-state index contributed by atoms with van der Waals surface area (Å²) >= 11 is 0. The van der Waals surface area contributed by atoms with Crippen molar-refractivity contribution in [1.82, 2.24) is 5.43 Å².